The SMILES string of the molecule is CC(C)CCOCCOc1cc(F)cc(C#CCCO)c1. The Kier molecular flexibility index (Phi) is 8.49. The van der Waals surface area contributed by atoms with Crippen molar-refractivity contribution in [3.8, 4) is 17.6 Å². The van der Waals surface area contributed by atoms with Crippen molar-refractivity contribution in [2.75, 3.05) is 26.4 Å². The number of hydrogen-bond donors (Lipinski definition) is 1. The van der Waals surface area contributed by atoms with Gasteiger partial charge >= 0.3 is 0 Å². The zero-order chi connectivity index (χ0) is 15.5. The molecule has 0 bridgehead atoms. The Morgan fingerprint density at radius 1 is 1.19 bits per heavy atom. The summed E-state index contributed by atoms with van der Waals surface area (Å²) in [5.41, 5.74) is 0.541. The number of aliphatic hydroxyl groups excluding tert-OH is 1. The van der Waals surface area contributed by atoms with Gasteiger partial charge in [-0.05, 0) is 24.5 Å². The van der Waals surface area contributed by atoms with E-state index in [1.165, 1.54) is 12.1 Å². The van der Waals surface area contributed by atoms with E-state index in [1.807, 2.05) is 0 Å². The van der Waals surface area contributed by atoms with Crippen LogP contribution in [0.3, 0.4) is 0 Å². The third-order valence-electron chi connectivity index (χ3n) is 2.68. The number of halogens is 1. The summed E-state index contributed by atoms with van der Waals surface area (Å²) in [7, 11) is 0. The van der Waals surface area contributed by atoms with Crippen LogP contribution in [0, 0.1) is 23.6 Å². The second-order valence-electron chi connectivity index (χ2n) is 5.09. The van der Waals surface area contributed by atoms with Crippen LogP contribution in [-0.2, 0) is 4.74 Å². The lowest BCUT2D eigenvalue weighted by Crippen LogP contribution is -2.08. The fraction of sp³-hybridized carbons (Fsp3) is 0.529. The molecule has 0 saturated carbocycles. The van der Waals surface area contributed by atoms with E-state index in [0.717, 1.165) is 6.42 Å². The molecule has 116 valence electrons. The van der Waals surface area contributed by atoms with Crippen molar-refractivity contribution in [1.29, 1.82) is 0 Å². The highest BCUT2D eigenvalue weighted by atomic mass is 19.1. The molecule has 1 aromatic rings. The lowest BCUT2D eigenvalue weighted by atomic mass is 10.1. The van der Waals surface area contributed by atoms with Crippen LogP contribution in [0.25, 0.3) is 0 Å². The van der Waals surface area contributed by atoms with Gasteiger partial charge in [-0.15, -0.1) is 0 Å². The maximum atomic E-state index is 13.4. The second-order valence-corrected chi connectivity index (χ2v) is 5.09. The van der Waals surface area contributed by atoms with E-state index in [1.54, 1.807) is 6.07 Å². The Morgan fingerprint density at radius 3 is 2.71 bits per heavy atom. The minimum absolute atomic E-state index is 0.000606. The van der Waals surface area contributed by atoms with Crippen LogP contribution in [0.4, 0.5) is 4.39 Å². The molecule has 0 aliphatic rings. The number of ether oxygens (including phenoxy) is 2. The molecule has 1 N–H and O–H groups in total. The fourth-order valence-corrected chi connectivity index (χ4v) is 1.58. The first-order valence-corrected chi connectivity index (χ1v) is 7.22. The van der Waals surface area contributed by atoms with Crippen molar-refractivity contribution in [3.05, 3.63) is 29.6 Å². The van der Waals surface area contributed by atoms with E-state index in [0.29, 0.717) is 43.5 Å². The molecule has 0 spiro atoms. The van der Waals surface area contributed by atoms with E-state index in [9.17, 15) is 4.39 Å². The molecule has 1 aromatic carbocycles. The molecular formula is C17H23FO3. The molecule has 3 nitrogen and oxygen atoms in total. The summed E-state index contributed by atoms with van der Waals surface area (Å²) < 4.78 is 24.3. The van der Waals surface area contributed by atoms with Crippen molar-refractivity contribution in [2.45, 2.75) is 26.7 Å². The molecule has 0 aliphatic heterocycles. The zero-order valence-corrected chi connectivity index (χ0v) is 12.7. The topological polar surface area (TPSA) is 38.7 Å². The summed E-state index contributed by atoms with van der Waals surface area (Å²) in [6.07, 6.45) is 1.39. The molecule has 0 amide bonds. The number of hydrogen-bond acceptors (Lipinski definition) is 3. The van der Waals surface area contributed by atoms with Gasteiger partial charge in [0.25, 0.3) is 0 Å². The zero-order valence-electron chi connectivity index (χ0n) is 12.7. The Bertz CT molecular complexity index is 475. The van der Waals surface area contributed by atoms with Crippen LogP contribution in [0.1, 0.15) is 32.3 Å². The van der Waals surface area contributed by atoms with Crippen molar-refractivity contribution >= 4 is 0 Å². The van der Waals surface area contributed by atoms with Crippen LogP contribution in [0.15, 0.2) is 18.2 Å². The predicted molar refractivity (Wildman–Crippen MR) is 80.7 cm³/mol. The summed E-state index contributed by atoms with van der Waals surface area (Å²) in [6, 6.07) is 4.35. The predicted octanol–water partition coefficient (Wildman–Crippen LogP) is 3.00. The molecule has 0 saturated heterocycles. The summed E-state index contributed by atoms with van der Waals surface area (Å²) >= 11 is 0. The van der Waals surface area contributed by atoms with E-state index in [-0.39, 0.29) is 12.4 Å². The van der Waals surface area contributed by atoms with Crippen LogP contribution in [0.2, 0.25) is 0 Å². The lowest BCUT2D eigenvalue weighted by Gasteiger charge is -2.09. The van der Waals surface area contributed by atoms with Crippen molar-refractivity contribution in [3.63, 3.8) is 0 Å². The lowest BCUT2D eigenvalue weighted by molar-refractivity contribution is 0.0925. The Balaban J connectivity index is 2.39. The highest BCUT2D eigenvalue weighted by Crippen LogP contribution is 2.15. The van der Waals surface area contributed by atoms with Crippen molar-refractivity contribution in [2.24, 2.45) is 5.92 Å². The molecule has 1 rings (SSSR count). The smallest absolute Gasteiger partial charge is 0.128 e. The first-order valence-electron chi connectivity index (χ1n) is 7.22. The van der Waals surface area contributed by atoms with Gasteiger partial charge in [-0.2, -0.15) is 0 Å². The van der Waals surface area contributed by atoms with Crippen LogP contribution in [-0.4, -0.2) is 31.5 Å². The van der Waals surface area contributed by atoms with E-state index in [2.05, 4.69) is 25.7 Å². The minimum Gasteiger partial charge on any atom is -0.491 e. The molecular weight excluding hydrogens is 271 g/mol. The van der Waals surface area contributed by atoms with E-state index >= 15 is 0 Å². The molecule has 0 radical (unpaired) electrons. The average molecular weight is 294 g/mol. The van der Waals surface area contributed by atoms with Crippen LogP contribution < -0.4 is 4.74 Å². The minimum atomic E-state index is -0.387. The van der Waals surface area contributed by atoms with Gasteiger partial charge in [-0.1, -0.05) is 25.7 Å². The summed E-state index contributed by atoms with van der Waals surface area (Å²) in [5.74, 6) is 6.21. The molecule has 0 atom stereocenters. The van der Waals surface area contributed by atoms with Gasteiger partial charge in [-0.3, -0.25) is 0 Å². The van der Waals surface area contributed by atoms with Crippen LogP contribution in [0.5, 0.6) is 5.75 Å². The van der Waals surface area contributed by atoms with Crippen molar-refractivity contribution in [1.82, 2.24) is 0 Å². The maximum absolute atomic E-state index is 13.4. The first-order chi connectivity index (χ1) is 10.1. The quantitative estimate of drug-likeness (QED) is 0.592. The Labute approximate surface area is 126 Å². The number of benzene rings is 1. The normalized spacial score (nSPS) is 10.3. The summed E-state index contributed by atoms with van der Waals surface area (Å²) in [6.45, 7) is 5.86. The third kappa shape index (κ3) is 8.34. The van der Waals surface area contributed by atoms with Gasteiger partial charge in [0, 0.05) is 24.7 Å². The average Bonchev–Trinajstić information content (AvgIpc) is 2.42. The fourth-order valence-electron chi connectivity index (χ4n) is 1.58. The molecule has 0 aliphatic carbocycles. The van der Waals surface area contributed by atoms with Crippen molar-refractivity contribution < 1.29 is 19.0 Å². The molecule has 21 heavy (non-hydrogen) atoms. The highest BCUT2D eigenvalue weighted by Gasteiger charge is 2.01. The van der Waals surface area contributed by atoms with E-state index in [4.69, 9.17) is 14.6 Å². The molecule has 0 fully saturated rings. The van der Waals surface area contributed by atoms with Crippen LogP contribution >= 0.6 is 0 Å². The van der Waals surface area contributed by atoms with Gasteiger partial charge < -0.3 is 14.6 Å². The molecule has 0 unspecified atom stereocenters. The standard InChI is InChI=1S/C17H23FO3/c1-14(2)6-8-20-9-10-21-17-12-15(5-3-4-7-19)11-16(18)13-17/h11-14,19H,4,6-10H2,1-2H3. The largest absolute Gasteiger partial charge is 0.491 e. The first kappa shape index (κ1) is 17.5. The van der Waals surface area contributed by atoms with Gasteiger partial charge in [0.1, 0.15) is 18.2 Å². The second kappa shape index (κ2) is 10.2. The van der Waals surface area contributed by atoms with Gasteiger partial charge in [0.2, 0.25) is 0 Å². The van der Waals surface area contributed by atoms with Gasteiger partial charge in [0.05, 0.1) is 13.2 Å². The van der Waals surface area contributed by atoms with E-state index < -0.39 is 0 Å². The number of aliphatic hydroxyl groups is 1. The van der Waals surface area contributed by atoms with Gasteiger partial charge in [-0.25, -0.2) is 4.39 Å². The Hall–Kier alpha value is -1.57. The maximum Gasteiger partial charge on any atom is 0.128 e. The summed E-state index contributed by atoms with van der Waals surface area (Å²) in [4.78, 5) is 0. The summed E-state index contributed by atoms with van der Waals surface area (Å²) in [5, 5.41) is 8.66. The Morgan fingerprint density at radius 2 is 2.00 bits per heavy atom. The monoisotopic (exact) mass is 294 g/mol. The van der Waals surface area contributed by atoms with Gasteiger partial charge in [0.15, 0.2) is 0 Å². The molecule has 4 heteroatoms. The molecule has 0 heterocycles. The highest BCUT2D eigenvalue weighted by molar-refractivity contribution is 5.40. The third-order valence-corrected chi connectivity index (χ3v) is 2.68. The number of rotatable bonds is 8. The molecule has 0 aromatic heterocycles.